The lowest BCUT2D eigenvalue weighted by Gasteiger charge is -2.39. The largest absolute Gasteiger partial charge is 0.341 e. The minimum absolute atomic E-state index is 0.136. The summed E-state index contributed by atoms with van der Waals surface area (Å²) in [5, 5.41) is 0.754. The number of rotatable bonds is 5. The van der Waals surface area contributed by atoms with Gasteiger partial charge in [-0.3, -0.25) is 9.59 Å². The van der Waals surface area contributed by atoms with Crippen LogP contribution in [0.25, 0.3) is 11.0 Å². The number of nitrogens with zero attached hydrogens (tertiary/aromatic N) is 4. The highest BCUT2D eigenvalue weighted by atomic mass is 32.2. The van der Waals surface area contributed by atoms with Crippen molar-refractivity contribution in [1.29, 1.82) is 0 Å². The number of carbonyl (C=O) groups is 2. The van der Waals surface area contributed by atoms with Gasteiger partial charge in [0.05, 0.1) is 16.8 Å². The Balaban J connectivity index is 1.52. The molecule has 6 nitrogen and oxygen atoms in total. The summed E-state index contributed by atoms with van der Waals surface area (Å²) in [6.45, 7) is 6.26. The average Bonchev–Trinajstić information content (AvgIpc) is 3.35. The Morgan fingerprint density at radius 3 is 2.45 bits per heavy atom. The van der Waals surface area contributed by atoms with Gasteiger partial charge in [0.15, 0.2) is 5.16 Å². The number of benzene rings is 1. The molecule has 1 aromatic heterocycles. The van der Waals surface area contributed by atoms with Crippen LogP contribution in [-0.2, 0) is 16.1 Å². The SMILES string of the molecule is CC1CCCC(C)N1C(=O)CSc1nc2ccccc2n1CC(=O)N1CCCC1. The third-order valence-electron chi connectivity index (χ3n) is 6.18. The van der Waals surface area contributed by atoms with Gasteiger partial charge in [0.2, 0.25) is 11.8 Å². The standard InChI is InChI=1S/C22H30N4O2S/c1-16-8-7-9-17(2)26(16)21(28)15-29-22-23-18-10-3-4-11-19(18)25(22)14-20(27)24-12-5-6-13-24/h3-4,10-11,16-17H,5-9,12-15H2,1-2H3. The van der Waals surface area contributed by atoms with E-state index in [1.165, 1.54) is 18.2 Å². The Kier molecular flexibility index (Phi) is 6.13. The normalized spacial score (nSPS) is 22.4. The molecule has 2 unspecified atom stereocenters. The van der Waals surface area contributed by atoms with Gasteiger partial charge in [-0.25, -0.2) is 4.98 Å². The quantitative estimate of drug-likeness (QED) is 0.702. The molecule has 2 amide bonds. The molecule has 0 bridgehead atoms. The third-order valence-corrected chi connectivity index (χ3v) is 7.14. The lowest BCUT2D eigenvalue weighted by Crippen LogP contribution is -2.48. The van der Waals surface area contributed by atoms with Crippen molar-refractivity contribution in [3.63, 3.8) is 0 Å². The lowest BCUT2D eigenvalue weighted by molar-refractivity contribution is -0.134. The Bertz CT molecular complexity index is 880. The maximum Gasteiger partial charge on any atom is 0.242 e. The number of aromatic nitrogens is 2. The van der Waals surface area contributed by atoms with Crippen molar-refractivity contribution in [2.45, 2.75) is 69.7 Å². The molecule has 0 aliphatic carbocycles. The molecule has 2 saturated heterocycles. The number of amides is 2. The van der Waals surface area contributed by atoms with Crippen molar-refractivity contribution in [3.05, 3.63) is 24.3 Å². The van der Waals surface area contributed by atoms with E-state index in [4.69, 9.17) is 4.98 Å². The molecule has 29 heavy (non-hydrogen) atoms. The second-order valence-corrected chi connectivity index (χ2v) is 9.22. The predicted molar refractivity (Wildman–Crippen MR) is 116 cm³/mol. The molecule has 4 rings (SSSR count). The van der Waals surface area contributed by atoms with Crippen LogP contribution in [0.15, 0.2) is 29.4 Å². The Morgan fingerprint density at radius 1 is 1.03 bits per heavy atom. The zero-order valence-electron chi connectivity index (χ0n) is 17.3. The Labute approximate surface area is 176 Å². The predicted octanol–water partition coefficient (Wildman–Crippen LogP) is 3.54. The first kappa shape index (κ1) is 20.3. The monoisotopic (exact) mass is 414 g/mol. The van der Waals surface area contributed by atoms with Crippen molar-refractivity contribution in [2.24, 2.45) is 0 Å². The van der Waals surface area contributed by atoms with Crippen molar-refractivity contribution in [2.75, 3.05) is 18.8 Å². The molecule has 0 spiro atoms. The average molecular weight is 415 g/mol. The fourth-order valence-electron chi connectivity index (χ4n) is 4.63. The molecule has 156 valence electrons. The highest BCUT2D eigenvalue weighted by Crippen LogP contribution is 2.27. The fourth-order valence-corrected chi connectivity index (χ4v) is 5.52. The van der Waals surface area contributed by atoms with Gasteiger partial charge in [0, 0.05) is 25.2 Å². The smallest absolute Gasteiger partial charge is 0.242 e. The first-order valence-electron chi connectivity index (χ1n) is 10.7. The van der Waals surface area contributed by atoms with E-state index >= 15 is 0 Å². The van der Waals surface area contributed by atoms with E-state index in [2.05, 4.69) is 13.8 Å². The number of hydrogen-bond acceptors (Lipinski definition) is 4. The van der Waals surface area contributed by atoms with Gasteiger partial charge in [-0.05, 0) is 58.1 Å². The second-order valence-electron chi connectivity index (χ2n) is 8.28. The van der Waals surface area contributed by atoms with Crippen LogP contribution in [0, 0.1) is 0 Å². The molecule has 0 saturated carbocycles. The van der Waals surface area contributed by atoms with Gasteiger partial charge in [-0.15, -0.1) is 0 Å². The van der Waals surface area contributed by atoms with Crippen LogP contribution < -0.4 is 0 Å². The zero-order chi connectivity index (χ0) is 20.4. The summed E-state index contributed by atoms with van der Waals surface area (Å²) in [7, 11) is 0. The van der Waals surface area contributed by atoms with E-state index in [0.29, 0.717) is 17.8 Å². The maximum absolute atomic E-state index is 12.9. The molecule has 2 fully saturated rings. The van der Waals surface area contributed by atoms with Crippen molar-refractivity contribution in [1.82, 2.24) is 19.4 Å². The van der Waals surface area contributed by atoms with Crippen molar-refractivity contribution < 1.29 is 9.59 Å². The molecular formula is C22H30N4O2S. The van der Waals surface area contributed by atoms with Crippen molar-refractivity contribution >= 4 is 34.6 Å². The first-order valence-corrected chi connectivity index (χ1v) is 11.7. The van der Waals surface area contributed by atoms with Crippen LogP contribution >= 0.6 is 11.8 Å². The number of thioether (sulfide) groups is 1. The topological polar surface area (TPSA) is 58.4 Å². The highest BCUT2D eigenvalue weighted by molar-refractivity contribution is 7.99. The second kappa shape index (κ2) is 8.78. The van der Waals surface area contributed by atoms with Gasteiger partial charge >= 0.3 is 0 Å². The molecule has 2 aromatic rings. The molecule has 2 aliphatic rings. The molecule has 0 N–H and O–H groups in total. The molecular weight excluding hydrogens is 384 g/mol. The summed E-state index contributed by atoms with van der Waals surface area (Å²) >= 11 is 1.45. The van der Waals surface area contributed by atoms with Crippen LogP contribution in [0.5, 0.6) is 0 Å². The van der Waals surface area contributed by atoms with Gasteiger partial charge in [0.25, 0.3) is 0 Å². The molecule has 0 radical (unpaired) electrons. The summed E-state index contributed by atoms with van der Waals surface area (Å²) in [4.78, 5) is 34.4. The Morgan fingerprint density at radius 2 is 1.72 bits per heavy atom. The molecule has 3 heterocycles. The van der Waals surface area contributed by atoms with Gasteiger partial charge in [-0.2, -0.15) is 0 Å². The summed E-state index contributed by atoms with van der Waals surface area (Å²) in [5.41, 5.74) is 1.83. The number of piperidine rings is 1. The van der Waals surface area contributed by atoms with Crippen LogP contribution in [0.4, 0.5) is 0 Å². The van der Waals surface area contributed by atoms with Crippen LogP contribution in [0.3, 0.4) is 0 Å². The van der Waals surface area contributed by atoms with E-state index < -0.39 is 0 Å². The number of likely N-dealkylation sites (tertiary alicyclic amines) is 2. The number of fused-ring (bicyclic) bond motifs is 1. The van der Waals surface area contributed by atoms with Crippen LogP contribution in [0.2, 0.25) is 0 Å². The summed E-state index contributed by atoms with van der Waals surface area (Å²) in [5.74, 6) is 0.659. The number of hydrogen-bond donors (Lipinski definition) is 0. The summed E-state index contributed by atoms with van der Waals surface area (Å²) in [6.07, 6.45) is 5.50. The van der Waals surface area contributed by atoms with E-state index in [-0.39, 0.29) is 18.4 Å². The van der Waals surface area contributed by atoms with Gasteiger partial charge < -0.3 is 14.4 Å². The summed E-state index contributed by atoms with van der Waals surface area (Å²) < 4.78 is 1.98. The number of para-hydroxylation sites is 2. The molecule has 2 aliphatic heterocycles. The van der Waals surface area contributed by atoms with E-state index in [9.17, 15) is 9.59 Å². The zero-order valence-corrected chi connectivity index (χ0v) is 18.2. The van der Waals surface area contributed by atoms with Crippen molar-refractivity contribution in [3.8, 4) is 0 Å². The van der Waals surface area contributed by atoms with E-state index in [0.717, 1.165) is 55.0 Å². The molecule has 7 heteroatoms. The minimum atomic E-state index is 0.136. The van der Waals surface area contributed by atoms with E-state index in [1.807, 2.05) is 38.6 Å². The molecule has 2 atom stereocenters. The van der Waals surface area contributed by atoms with E-state index in [1.54, 1.807) is 0 Å². The molecule has 1 aromatic carbocycles. The van der Waals surface area contributed by atoms with Gasteiger partial charge in [0.1, 0.15) is 6.54 Å². The number of imidazole rings is 1. The number of carbonyl (C=O) groups excluding carboxylic acids is 2. The third kappa shape index (κ3) is 4.29. The van der Waals surface area contributed by atoms with Crippen LogP contribution in [-0.4, -0.2) is 62.1 Å². The summed E-state index contributed by atoms with van der Waals surface area (Å²) in [6, 6.07) is 8.48. The van der Waals surface area contributed by atoms with Crippen LogP contribution in [0.1, 0.15) is 46.0 Å². The minimum Gasteiger partial charge on any atom is -0.341 e. The lowest BCUT2D eigenvalue weighted by atomic mass is 9.98. The highest BCUT2D eigenvalue weighted by Gasteiger charge is 2.29. The maximum atomic E-state index is 12.9. The fraction of sp³-hybridized carbons (Fsp3) is 0.591. The first-order chi connectivity index (χ1) is 14.0. The van der Waals surface area contributed by atoms with Gasteiger partial charge in [-0.1, -0.05) is 23.9 Å². The Hall–Kier alpha value is -2.02.